The summed E-state index contributed by atoms with van der Waals surface area (Å²) in [6.07, 6.45) is 8.96. The number of amidine groups is 1. The monoisotopic (exact) mass is 221 g/mol. The zero-order valence-corrected chi connectivity index (χ0v) is 10.1. The standard InChI is InChI=1S/C13H23N3/c14-13-5-1-2-8-16(13)12-6-9-15-7-3-4-11(15)10-12/h11-12,14H,1-10H2. The Morgan fingerprint density at radius 2 is 1.88 bits per heavy atom. The lowest BCUT2D eigenvalue weighted by Gasteiger charge is -2.43. The smallest absolute Gasteiger partial charge is 0.0960 e. The summed E-state index contributed by atoms with van der Waals surface area (Å²) in [5.74, 6) is 0.919. The van der Waals surface area contributed by atoms with Gasteiger partial charge in [0.25, 0.3) is 0 Å². The normalized spacial score (nSPS) is 36.5. The van der Waals surface area contributed by atoms with Gasteiger partial charge in [0.1, 0.15) is 0 Å². The van der Waals surface area contributed by atoms with E-state index in [1.807, 2.05) is 0 Å². The minimum Gasteiger partial charge on any atom is -0.357 e. The Morgan fingerprint density at radius 3 is 2.75 bits per heavy atom. The van der Waals surface area contributed by atoms with Crippen molar-refractivity contribution in [3.05, 3.63) is 0 Å². The van der Waals surface area contributed by atoms with Gasteiger partial charge in [-0.15, -0.1) is 0 Å². The topological polar surface area (TPSA) is 30.3 Å². The predicted octanol–water partition coefficient (Wildman–Crippen LogP) is 2.08. The van der Waals surface area contributed by atoms with Crippen LogP contribution in [0, 0.1) is 5.41 Å². The van der Waals surface area contributed by atoms with Crippen molar-refractivity contribution in [3.63, 3.8) is 0 Å². The lowest BCUT2D eigenvalue weighted by Crippen LogP contribution is -2.50. The molecule has 0 aromatic rings. The largest absolute Gasteiger partial charge is 0.357 e. The summed E-state index contributed by atoms with van der Waals surface area (Å²) >= 11 is 0. The number of rotatable bonds is 1. The highest BCUT2D eigenvalue weighted by Crippen LogP contribution is 2.30. The SMILES string of the molecule is N=C1CCCCN1C1CCN2CCCC2C1. The van der Waals surface area contributed by atoms with Crippen molar-refractivity contribution in [2.45, 2.75) is 57.0 Å². The summed E-state index contributed by atoms with van der Waals surface area (Å²) in [4.78, 5) is 5.09. The summed E-state index contributed by atoms with van der Waals surface area (Å²) < 4.78 is 0. The van der Waals surface area contributed by atoms with Gasteiger partial charge in [-0.2, -0.15) is 0 Å². The second-order valence-electron chi connectivity index (χ2n) is 5.61. The highest BCUT2D eigenvalue weighted by Gasteiger charge is 2.35. The average Bonchev–Trinajstić information content (AvgIpc) is 2.76. The molecule has 0 aromatic carbocycles. The molecule has 0 spiro atoms. The maximum atomic E-state index is 8.08. The molecule has 3 nitrogen and oxygen atoms in total. The molecule has 0 radical (unpaired) electrons. The van der Waals surface area contributed by atoms with E-state index >= 15 is 0 Å². The van der Waals surface area contributed by atoms with Gasteiger partial charge in [0.15, 0.2) is 0 Å². The van der Waals surface area contributed by atoms with E-state index in [0.717, 1.165) is 24.8 Å². The number of fused-ring (bicyclic) bond motifs is 1. The minimum absolute atomic E-state index is 0.687. The van der Waals surface area contributed by atoms with E-state index in [2.05, 4.69) is 9.80 Å². The number of nitrogens with zero attached hydrogens (tertiary/aromatic N) is 2. The van der Waals surface area contributed by atoms with Crippen LogP contribution in [0.25, 0.3) is 0 Å². The number of hydrogen-bond donors (Lipinski definition) is 1. The molecule has 1 N–H and O–H groups in total. The molecule has 3 fully saturated rings. The first-order valence-corrected chi connectivity index (χ1v) is 6.93. The molecule has 2 unspecified atom stereocenters. The summed E-state index contributed by atoms with van der Waals surface area (Å²) in [6, 6.07) is 1.53. The van der Waals surface area contributed by atoms with Crippen molar-refractivity contribution in [2.24, 2.45) is 0 Å². The average molecular weight is 221 g/mol. The lowest BCUT2D eigenvalue weighted by atomic mass is 9.94. The van der Waals surface area contributed by atoms with Crippen molar-refractivity contribution in [3.8, 4) is 0 Å². The van der Waals surface area contributed by atoms with Gasteiger partial charge >= 0.3 is 0 Å². The van der Waals surface area contributed by atoms with Crippen LogP contribution in [-0.4, -0.2) is 47.4 Å². The van der Waals surface area contributed by atoms with Crippen LogP contribution in [0.4, 0.5) is 0 Å². The predicted molar refractivity (Wildman–Crippen MR) is 65.9 cm³/mol. The number of hydrogen-bond acceptors (Lipinski definition) is 2. The molecule has 3 heterocycles. The van der Waals surface area contributed by atoms with E-state index in [1.54, 1.807) is 0 Å². The van der Waals surface area contributed by atoms with E-state index in [9.17, 15) is 0 Å². The first-order chi connectivity index (χ1) is 7.84. The van der Waals surface area contributed by atoms with Crippen LogP contribution in [0.5, 0.6) is 0 Å². The first-order valence-electron chi connectivity index (χ1n) is 6.93. The van der Waals surface area contributed by atoms with E-state index in [0.29, 0.717) is 6.04 Å². The summed E-state index contributed by atoms with van der Waals surface area (Å²) in [7, 11) is 0. The number of piperidine rings is 2. The fraction of sp³-hybridized carbons (Fsp3) is 0.923. The van der Waals surface area contributed by atoms with E-state index in [-0.39, 0.29) is 0 Å². The maximum Gasteiger partial charge on any atom is 0.0960 e. The molecular formula is C13H23N3. The van der Waals surface area contributed by atoms with Crippen LogP contribution in [0.1, 0.15) is 44.9 Å². The van der Waals surface area contributed by atoms with Crippen molar-refractivity contribution < 1.29 is 0 Å². The fourth-order valence-electron chi connectivity index (χ4n) is 3.74. The first kappa shape index (κ1) is 10.6. The highest BCUT2D eigenvalue weighted by molar-refractivity contribution is 5.80. The van der Waals surface area contributed by atoms with Crippen molar-refractivity contribution in [2.75, 3.05) is 19.6 Å². The van der Waals surface area contributed by atoms with E-state index in [1.165, 1.54) is 51.6 Å². The Balaban J connectivity index is 1.64. The Labute approximate surface area is 98.3 Å². The van der Waals surface area contributed by atoms with Crippen LogP contribution in [0.15, 0.2) is 0 Å². The summed E-state index contributed by atoms with van der Waals surface area (Å²) in [5, 5.41) is 8.08. The molecule has 3 heteroatoms. The van der Waals surface area contributed by atoms with Crippen LogP contribution in [-0.2, 0) is 0 Å². The van der Waals surface area contributed by atoms with Gasteiger partial charge in [0.05, 0.1) is 5.84 Å². The quantitative estimate of drug-likeness (QED) is 0.735. The molecule has 3 aliphatic heterocycles. The third-order valence-electron chi connectivity index (χ3n) is 4.64. The van der Waals surface area contributed by atoms with Crippen LogP contribution < -0.4 is 0 Å². The van der Waals surface area contributed by atoms with Crippen molar-refractivity contribution in [1.29, 1.82) is 5.41 Å². The minimum atomic E-state index is 0.687. The molecule has 90 valence electrons. The second-order valence-corrected chi connectivity index (χ2v) is 5.61. The van der Waals surface area contributed by atoms with Gasteiger partial charge in [0, 0.05) is 31.6 Å². The van der Waals surface area contributed by atoms with E-state index < -0.39 is 0 Å². The molecule has 0 bridgehead atoms. The fourth-order valence-corrected chi connectivity index (χ4v) is 3.74. The van der Waals surface area contributed by atoms with Gasteiger partial charge < -0.3 is 9.80 Å². The van der Waals surface area contributed by atoms with Crippen LogP contribution in [0.3, 0.4) is 0 Å². The van der Waals surface area contributed by atoms with Gasteiger partial charge in [-0.25, -0.2) is 0 Å². The molecule has 0 saturated carbocycles. The molecule has 0 aliphatic carbocycles. The number of likely N-dealkylation sites (tertiary alicyclic amines) is 1. The Bertz CT molecular complexity index is 276. The van der Waals surface area contributed by atoms with Gasteiger partial charge in [-0.1, -0.05) is 0 Å². The third kappa shape index (κ3) is 1.86. The zero-order valence-electron chi connectivity index (χ0n) is 10.1. The van der Waals surface area contributed by atoms with Crippen LogP contribution >= 0.6 is 0 Å². The molecule has 3 saturated heterocycles. The molecule has 3 rings (SSSR count). The molecule has 0 amide bonds. The maximum absolute atomic E-state index is 8.08. The Hall–Kier alpha value is -0.570. The highest BCUT2D eigenvalue weighted by atomic mass is 15.2. The summed E-state index contributed by atoms with van der Waals surface area (Å²) in [5.41, 5.74) is 0. The van der Waals surface area contributed by atoms with E-state index in [4.69, 9.17) is 5.41 Å². The number of nitrogens with one attached hydrogen (secondary N) is 1. The molecule has 2 atom stereocenters. The second kappa shape index (κ2) is 4.36. The van der Waals surface area contributed by atoms with Crippen molar-refractivity contribution >= 4 is 5.84 Å². The van der Waals surface area contributed by atoms with Gasteiger partial charge in [-0.05, 0) is 45.1 Å². The lowest BCUT2D eigenvalue weighted by molar-refractivity contribution is 0.120. The Kier molecular flexibility index (Phi) is 2.88. The van der Waals surface area contributed by atoms with Crippen LogP contribution in [0.2, 0.25) is 0 Å². The summed E-state index contributed by atoms with van der Waals surface area (Å²) in [6.45, 7) is 3.75. The zero-order chi connectivity index (χ0) is 11.0. The Morgan fingerprint density at radius 1 is 0.938 bits per heavy atom. The molecular weight excluding hydrogens is 198 g/mol. The van der Waals surface area contributed by atoms with Gasteiger partial charge in [0.2, 0.25) is 0 Å². The van der Waals surface area contributed by atoms with Crippen molar-refractivity contribution in [1.82, 2.24) is 9.80 Å². The molecule has 16 heavy (non-hydrogen) atoms. The van der Waals surface area contributed by atoms with Gasteiger partial charge in [-0.3, -0.25) is 5.41 Å². The third-order valence-corrected chi connectivity index (χ3v) is 4.64. The molecule has 3 aliphatic rings. The molecule has 0 aromatic heterocycles.